The molecule has 0 aromatic carbocycles. The Balaban J connectivity index is 2.13. The molecule has 0 aliphatic heterocycles. The Kier molecular flexibility index (Phi) is 8.98. The maximum Gasteiger partial charge on any atom is 0.190 e. The summed E-state index contributed by atoms with van der Waals surface area (Å²) in [5, 5.41) is 11.2. The summed E-state index contributed by atoms with van der Waals surface area (Å²) in [7, 11) is 1.82. The lowest BCUT2D eigenvalue weighted by Crippen LogP contribution is -2.38. The minimum atomic E-state index is 0.896. The van der Waals surface area contributed by atoms with Crippen molar-refractivity contribution in [3.05, 3.63) is 17.5 Å². The average molecular weight is 311 g/mol. The Morgan fingerprint density at radius 2 is 1.95 bits per heavy atom. The molecule has 0 unspecified atom stereocenters. The number of hydrogen-bond donors (Lipinski definition) is 2. The summed E-state index contributed by atoms with van der Waals surface area (Å²) in [5.41, 5.74) is 2.31. The van der Waals surface area contributed by atoms with Gasteiger partial charge in [-0.1, -0.05) is 0 Å². The minimum absolute atomic E-state index is 0.896. The van der Waals surface area contributed by atoms with Crippen LogP contribution in [0.5, 0.6) is 0 Å². The second kappa shape index (κ2) is 10.5. The topological polar surface area (TPSA) is 54.2 Å². The standard InChI is InChI=1S/C15H29N5S/c1-13-12-14(2)20(19-13)10-7-9-18-15(16-3)17-8-5-6-11-21-4/h12H,5-11H2,1-4H3,(H2,16,17,18). The van der Waals surface area contributed by atoms with Gasteiger partial charge in [-0.25, -0.2) is 0 Å². The molecule has 0 fully saturated rings. The van der Waals surface area contributed by atoms with Gasteiger partial charge in [0, 0.05) is 32.4 Å². The SMILES string of the molecule is CN=C(NCCCCSC)NCCCn1nc(C)cc1C. The van der Waals surface area contributed by atoms with Crippen molar-refractivity contribution in [1.82, 2.24) is 20.4 Å². The largest absolute Gasteiger partial charge is 0.356 e. The first kappa shape index (κ1) is 17.9. The van der Waals surface area contributed by atoms with Crippen molar-refractivity contribution >= 4 is 17.7 Å². The van der Waals surface area contributed by atoms with E-state index in [0.29, 0.717) is 0 Å². The zero-order valence-corrected chi connectivity index (χ0v) is 14.6. The monoisotopic (exact) mass is 311 g/mol. The van der Waals surface area contributed by atoms with Crippen LogP contribution in [0.15, 0.2) is 11.1 Å². The molecule has 0 aliphatic rings. The summed E-state index contributed by atoms with van der Waals surface area (Å²) in [6.45, 7) is 6.96. The lowest BCUT2D eigenvalue weighted by molar-refractivity contribution is 0.555. The fourth-order valence-electron chi connectivity index (χ4n) is 2.14. The fraction of sp³-hybridized carbons (Fsp3) is 0.733. The molecule has 0 aliphatic carbocycles. The average Bonchev–Trinajstić information content (AvgIpc) is 2.79. The van der Waals surface area contributed by atoms with Crippen LogP contribution in [0.2, 0.25) is 0 Å². The normalized spacial score (nSPS) is 11.7. The van der Waals surface area contributed by atoms with Crippen molar-refractivity contribution < 1.29 is 0 Å². The number of guanidine groups is 1. The van der Waals surface area contributed by atoms with Crippen molar-refractivity contribution in [2.24, 2.45) is 4.99 Å². The van der Waals surface area contributed by atoms with Crippen LogP contribution >= 0.6 is 11.8 Å². The van der Waals surface area contributed by atoms with E-state index in [-0.39, 0.29) is 0 Å². The predicted octanol–water partition coefficient (Wildman–Crippen LogP) is 2.20. The van der Waals surface area contributed by atoms with Gasteiger partial charge in [0.2, 0.25) is 0 Å². The fourth-order valence-corrected chi connectivity index (χ4v) is 2.63. The molecule has 2 N–H and O–H groups in total. The second-order valence-electron chi connectivity index (χ2n) is 5.13. The van der Waals surface area contributed by atoms with Crippen LogP contribution in [0.3, 0.4) is 0 Å². The maximum absolute atomic E-state index is 4.47. The van der Waals surface area contributed by atoms with Crippen LogP contribution in [-0.2, 0) is 6.54 Å². The number of rotatable bonds is 9. The second-order valence-corrected chi connectivity index (χ2v) is 6.12. The number of nitrogens with one attached hydrogen (secondary N) is 2. The Morgan fingerprint density at radius 3 is 2.52 bits per heavy atom. The van der Waals surface area contributed by atoms with Crippen molar-refractivity contribution in [3.63, 3.8) is 0 Å². The van der Waals surface area contributed by atoms with Gasteiger partial charge in [0.1, 0.15) is 0 Å². The number of unbranched alkanes of at least 4 members (excludes halogenated alkanes) is 1. The number of aromatic nitrogens is 2. The predicted molar refractivity (Wildman–Crippen MR) is 93.3 cm³/mol. The summed E-state index contributed by atoms with van der Waals surface area (Å²) in [4.78, 5) is 4.24. The molecule has 1 aromatic rings. The first-order valence-electron chi connectivity index (χ1n) is 7.62. The van der Waals surface area contributed by atoms with Crippen molar-refractivity contribution in [1.29, 1.82) is 0 Å². The van der Waals surface area contributed by atoms with E-state index in [1.807, 2.05) is 25.7 Å². The molecule has 5 nitrogen and oxygen atoms in total. The Bertz CT molecular complexity index is 428. The lowest BCUT2D eigenvalue weighted by atomic mass is 10.3. The molecule has 1 rings (SSSR count). The molecule has 21 heavy (non-hydrogen) atoms. The van der Waals surface area contributed by atoms with Gasteiger partial charge in [0.05, 0.1) is 5.69 Å². The Hall–Kier alpha value is -1.17. The van der Waals surface area contributed by atoms with Crippen molar-refractivity contribution in [2.45, 2.75) is 39.7 Å². The third kappa shape index (κ3) is 7.41. The minimum Gasteiger partial charge on any atom is -0.356 e. The molecule has 0 atom stereocenters. The Morgan fingerprint density at radius 1 is 1.24 bits per heavy atom. The smallest absolute Gasteiger partial charge is 0.190 e. The number of aliphatic imine (C=N–C) groups is 1. The zero-order chi connectivity index (χ0) is 15.5. The third-order valence-electron chi connectivity index (χ3n) is 3.23. The van der Waals surface area contributed by atoms with Crippen LogP contribution in [0, 0.1) is 13.8 Å². The first-order chi connectivity index (χ1) is 10.2. The van der Waals surface area contributed by atoms with Gasteiger partial charge in [-0.05, 0) is 51.2 Å². The van der Waals surface area contributed by atoms with Gasteiger partial charge in [0.15, 0.2) is 5.96 Å². The summed E-state index contributed by atoms with van der Waals surface area (Å²) < 4.78 is 2.07. The first-order valence-corrected chi connectivity index (χ1v) is 9.01. The Labute approximate surface area is 133 Å². The molecular formula is C15H29N5S. The summed E-state index contributed by atoms with van der Waals surface area (Å²) in [6.07, 6.45) is 5.63. The summed E-state index contributed by atoms with van der Waals surface area (Å²) >= 11 is 1.90. The summed E-state index contributed by atoms with van der Waals surface area (Å²) in [5.74, 6) is 2.13. The van der Waals surface area contributed by atoms with Gasteiger partial charge < -0.3 is 10.6 Å². The van der Waals surface area contributed by atoms with Crippen LogP contribution in [0.4, 0.5) is 0 Å². The van der Waals surface area contributed by atoms with Crippen LogP contribution in [0.25, 0.3) is 0 Å². The van der Waals surface area contributed by atoms with Gasteiger partial charge in [-0.15, -0.1) is 0 Å². The van der Waals surface area contributed by atoms with E-state index in [1.165, 1.54) is 24.3 Å². The highest BCUT2D eigenvalue weighted by molar-refractivity contribution is 7.98. The van der Waals surface area contributed by atoms with E-state index < -0.39 is 0 Å². The zero-order valence-electron chi connectivity index (χ0n) is 13.8. The quantitative estimate of drug-likeness (QED) is 0.417. The molecule has 0 saturated carbocycles. The lowest BCUT2D eigenvalue weighted by Gasteiger charge is -2.12. The molecule has 0 amide bonds. The highest BCUT2D eigenvalue weighted by Crippen LogP contribution is 2.02. The van der Waals surface area contributed by atoms with Crippen LogP contribution in [0.1, 0.15) is 30.7 Å². The van der Waals surface area contributed by atoms with Gasteiger partial charge in [0.25, 0.3) is 0 Å². The molecule has 0 bridgehead atoms. The van der Waals surface area contributed by atoms with E-state index >= 15 is 0 Å². The van der Waals surface area contributed by atoms with Crippen molar-refractivity contribution in [3.8, 4) is 0 Å². The summed E-state index contributed by atoms with van der Waals surface area (Å²) in [6, 6.07) is 2.11. The van der Waals surface area contributed by atoms with E-state index in [1.54, 1.807) is 0 Å². The molecular weight excluding hydrogens is 282 g/mol. The van der Waals surface area contributed by atoms with Gasteiger partial charge >= 0.3 is 0 Å². The molecule has 0 spiro atoms. The maximum atomic E-state index is 4.47. The van der Waals surface area contributed by atoms with Crippen LogP contribution in [-0.4, -0.2) is 47.9 Å². The third-order valence-corrected chi connectivity index (χ3v) is 3.93. The molecule has 1 heterocycles. The number of aryl methyl sites for hydroxylation is 3. The molecule has 0 radical (unpaired) electrons. The number of hydrogen-bond acceptors (Lipinski definition) is 3. The molecule has 6 heteroatoms. The number of nitrogens with zero attached hydrogens (tertiary/aromatic N) is 3. The highest BCUT2D eigenvalue weighted by Gasteiger charge is 2.01. The molecule has 120 valence electrons. The van der Waals surface area contributed by atoms with E-state index in [2.05, 4.69) is 44.7 Å². The van der Waals surface area contributed by atoms with Crippen LogP contribution < -0.4 is 10.6 Å². The molecule has 1 aromatic heterocycles. The van der Waals surface area contributed by atoms with Crippen molar-refractivity contribution in [2.75, 3.05) is 32.1 Å². The number of thioether (sulfide) groups is 1. The van der Waals surface area contributed by atoms with E-state index in [9.17, 15) is 0 Å². The van der Waals surface area contributed by atoms with Gasteiger partial charge in [-0.3, -0.25) is 9.67 Å². The highest BCUT2D eigenvalue weighted by atomic mass is 32.2. The van der Waals surface area contributed by atoms with E-state index in [0.717, 1.165) is 37.7 Å². The van der Waals surface area contributed by atoms with E-state index in [4.69, 9.17) is 0 Å². The molecule has 0 saturated heterocycles. The van der Waals surface area contributed by atoms with Gasteiger partial charge in [-0.2, -0.15) is 16.9 Å².